The van der Waals surface area contributed by atoms with Crippen LogP contribution in [0.1, 0.15) is 168 Å². The second-order valence-electron chi connectivity index (χ2n) is 21.1. The van der Waals surface area contributed by atoms with Gasteiger partial charge in [-0.3, -0.25) is 4.79 Å². The van der Waals surface area contributed by atoms with Gasteiger partial charge in [0.05, 0.1) is 38.6 Å². The van der Waals surface area contributed by atoms with E-state index < -0.39 is 124 Å². The molecule has 3 aliphatic rings. The third-order valence-electron chi connectivity index (χ3n) is 14.5. The van der Waals surface area contributed by atoms with Gasteiger partial charge in [-0.2, -0.15) is 0 Å². The number of aliphatic hydroxyl groups is 11. The van der Waals surface area contributed by atoms with Crippen molar-refractivity contribution in [1.29, 1.82) is 0 Å². The Bertz CT molecular complexity index is 1730. The lowest BCUT2D eigenvalue weighted by Crippen LogP contribution is -2.66. The molecule has 12 N–H and O–H groups in total. The van der Waals surface area contributed by atoms with Gasteiger partial charge >= 0.3 is 0 Å². The first-order valence-electron chi connectivity index (χ1n) is 29.7. The van der Waals surface area contributed by atoms with Crippen LogP contribution in [0.2, 0.25) is 0 Å². The minimum absolute atomic E-state index is 0.213. The summed E-state index contributed by atoms with van der Waals surface area (Å²) in [6, 6.07) is -1.01. The van der Waals surface area contributed by atoms with Gasteiger partial charge in [0.15, 0.2) is 18.9 Å². The number of ether oxygens (including phenoxy) is 6. The Kier molecular flexibility index (Phi) is 38.3. The molecule has 0 aliphatic carbocycles. The Hall–Kier alpha value is -2.77. The van der Waals surface area contributed by atoms with Gasteiger partial charge in [-0.1, -0.05) is 151 Å². The molecular weight excluding hydrogens is 1020 g/mol. The molecule has 0 bridgehead atoms. The first kappa shape index (κ1) is 70.5. The van der Waals surface area contributed by atoms with Crippen LogP contribution in [0.4, 0.5) is 0 Å². The summed E-state index contributed by atoms with van der Waals surface area (Å²) in [4.78, 5) is 13.3. The molecule has 0 radical (unpaired) electrons. The molecule has 3 fully saturated rings. The summed E-state index contributed by atoms with van der Waals surface area (Å²) in [6.45, 7) is 1.61. The summed E-state index contributed by atoms with van der Waals surface area (Å²) in [7, 11) is 0. The summed E-state index contributed by atoms with van der Waals surface area (Å²) in [5, 5.41) is 120. The lowest BCUT2D eigenvalue weighted by atomic mass is 9.96. The van der Waals surface area contributed by atoms with E-state index in [-0.39, 0.29) is 18.9 Å². The van der Waals surface area contributed by atoms with Crippen LogP contribution < -0.4 is 5.32 Å². The zero-order chi connectivity index (χ0) is 57.6. The molecule has 19 nitrogen and oxygen atoms in total. The first-order chi connectivity index (χ1) is 38.3. The Morgan fingerprint density at radius 3 is 1.38 bits per heavy atom. The lowest BCUT2D eigenvalue weighted by Gasteiger charge is -2.48. The molecule has 3 heterocycles. The maximum atomic E-state index is 13.3. The highest BCUT2D eigenvalue weighted by atomic mass is 16.8. The number of unbranched alkanes of at least 4 members (excludes halogenated alkanes) is 16. The van der Waals surface area contributed by atoms with Crippen molar-refractivity contribution in [3.05, 3.63) is 72.9 Å². The molecule has 3 saturated heterocycles. The zero-order valence-corrected chi connectivity index (χ0v) is 47.3. The fourth-order valence-electron chi connectivity index (χ4n) is 9.52. The number of nitrogens with one attached hydrogen (secondary N) is 1. The molecule has 0 aromatic carbocycles. The van der Waals surface area contributed by atoms with E-state index in [1.165, 1.54) is 57.8 Å². The SMILES string of the molecule is CCCCC/C=C/CC/C=C/CC/C=C/C(O)C(COC1OC(CO)C(OC2OC(CO)C(OC3OC(CO)C(O)C(O)C3O)C(O)C2O)C(O)C1O)NC(=O)CCCCCCCC/C=C\C/C=C\C/C=C\CCCCCCC. The molecule has 0 aromatic heterocycles. The number of amides is 1. The number of carbonyl (C=O) groups excluding carboxylic acids is 1. The van der Waals surface area contributed by atoms with Gasteiger partial charge in [0, 0.05) is 6.42 Å². The first-order valence-corrected chi connectivity index (χ1v) is 29.7. The van der Waals surface area contributed by atoms with Crippen molar-refractivity contribution in [3.63, 3.8) is 0 Å². The largest absolute Gasteiger partial charge is 0.394 e. The number of rotatable bonds is 42. The molecule has 3 aliphatic heterocycles. The number of carbonyl (C=O) groups is 1. The van der Waals surface area contributed by atoms with Crippen molar-refractivity contribution in [2.45, 2.75) is 272 Å². The van der Waals surface area contributed by atoms with E-state index in [1.807, 2.05) is 6.08 Å². The van der Waals surface area contributed by atoms with Crippen LogP contribution in [0.25, 0.3) is 0 Å². The van der Waals surface area contributed by atoms with Crippen LogP contribution in [0, 0.1) is 0 Å². The monoisotopic (exact) mass is 1130 g/mol. The molecule has 0 saturated carbocycles. The van der Waals surface area contributed by atoms with Crippen molar-refractivity contribution < 1.29 is 89.4 Å². The number of allylic oxidation sites excluding steroid dienone is 11. The van der Waals surface area contributed by atoms with Gasteiger partial charge in [-0.25, -0.2) is 0 Å². The molecule has 79 heavy (non-hydrogen) atoms. The number of hydrogen-bond acceptors (Lipinski definition) is 18. The van der Waals surface area contributed by atoms with Crippen molar-refractivity contribution in [2.75, 3.05) is 26.4 Å². The van der Waals surface area contributed by atoms with Crippen molar-refractivity contribution in [1.82, 2.24) is 5.32 Å². The summed E-state index contributed by atoms with van der Waals surface area (Å²) >= 11 is 0. The third kappa shape index (κ3) is 27.0. The maximum absolute atomic E-state index is 13.3. The number of hydrogen-bond donors (Lipinski definition) is 12. The van der Waals surface area contributed by atoms with Gasteiger partial charge < -0.3 is 89.9 Å². The predicted molar refractivity (Wildman–Crippen MR) is 300 cm³/mol. The Balaban J connectivity index is 1.51. The smallest absolute Gasteiger partial charge is 0.220 e. The van der Waals surface area contributed by atoms with E-state index >= 15 is 0 Å². The van der Waals surface area contributed by atoms with Gasteiger partial charge in [0.2, 0.25) is 5.91 Å². The molecule has 1 amide bonds. The van der Waals surface area contributed by atoms with Crippen LogP contribution in [0.5, 0.6) is 0 Å². The fraction of sp³-hybridized carbons (Fsp3) is 0.783. The molecule has 456 valence electrons. The molecule has 17 atom stereocenters. The van der Waals surface area contributed by atoms with Gasteiger partial charge in [0.1, 0.15) is 73.2 Å². The molecule has 3 rings (SSSR count). The van der Waals surface area contributed by atoms with Crippen LogP contribution >= 0.6 is 0 Å². The Labute approximate surface area is 470 Å². The van der Waals surface area contributed by atoms with E-state index in [0.29, 0.717) is 12.8 Å². The minimum atomic E-state index is -1.99. The summed E-state index contributed by atoms with van der Waals surface area (Å²) in [5.74, 6) is -0.307. The summed E-state index contributed by atoms with van der Waals surface area (Å²) < 4.78 is 34.2. The molecule has 0 aromatic rings. The Morgan fingerprint density at radius 2 is 0.848 bits per heavy atom. The van der Waals surface area contributed by atoms with Crippen LogP contribution in [-0.4, -0.2) is 193 Å². The van der Waals surface area contributed by atoms with Crippen LogP contribution in [-0.2, 0) is 33.2 Å². The fourth-order valence-corrected chi connectivity index (χ4v) is 9.52. The zero-order valence-electron chi connectivity index (χ0n) is 47.3. The Morgan fingerprint density at radius 1 is 0.456 bits per heavy atom. The highest BCUT2D eigenvalue weighted by Crippen LogP contribution is 2.33. The molecule has 19 heteroatoms. The lowest BCUT2D eigenvalue weighted by molar-refractivity contribution is -0.379. The van der Waals surface area contributed by atoms with Crippen molar-refractivity contribution >= 4 is 5.91 Å². The van der Waals surface area contributed by atoms with E-state index in [9.17, 15) is 61.0 Å². The maximum Gasteiger partial charge on any atom is 0.220 e. The highest BCUT2D eigenvalue weighted by molar-refractivity contribution is 5.76. The average molecular weight is 1130 g/mol. The van der Waals surface area contributed by atoms with Crippen LogP contribution in [0.15, 0.2) is 72.9 Å². The van der Waals surface area contributed by atoms with E-state index in [1.54, 1.807) is 6.08 Å². The van der Waals surface area contributed by atoms with Gasteiger partial charge in [-0.15, -0.1) is 0 Å². The average Bonchev–Trinajstić information content (AvgIpc) is 3.56. The minimum Gasteiger partial charge on any atom is -0.394 e. The number of aliphatic hydroxyl groups excluding tert-OH is 11. The standard InChI is InChI=1S/C60H103NO18/c1-3-5-7-9-11-13-15-17-18-19-20-21-22-23-24-26-28-30-32-34-36-38-48(66)61-43(44(65)37-35-33-31-29-27-25-16-14-12-10-8-6-4-2)42-74-58-54(72)51(69)56(46(40-63)76-58)79-60-55(73)52(70)57(47(41-64)77-60)78-59-53(71)50(68)49(67)45(39-62)75-59/h12,14-15,17,19-20,22-23,27,29,35,37,43-47,49-60,62-65,67-73H,3-11,13,16,18,21,24-26,28,30-34,36,38-42H2,1-2H3,(H,61,66)/b14-12+,17-15-,20-19-,23-22-,29-27+,37-35+. The van der Waals surface area contributed by atoms with Crippen LogP contribution in [0.3, 0.4) is 0 Å². The van der Waals surface area contributed by atoms with Gasteiger partial charge in [-0.05, 0) is 83.5 Å². The molecular formula is C60H103NO18. The van der Waals surface area contributed by atoms with Gasteiger partial charge in [0.25, 0.3) is 0 Å². The quantitative estimate of drug-likeness (QED) is 0.0282. The second kappa shape index (κ2) is 43.0. The molecule has 17 unspecified atom stereocenters. The van der Waals surface area contributed by atoms with Crippen molar-refractivity contribution in [2.24, 2.45) is 0 Å². The van der Waals surface area contributed by atoms with E-state index in [4.69, 9.17) is 28.4 Å². The highest BCUT2D eigenvalue weighted by Gasteiger charge is 2.53. The van der Waals surface area contributed by atoms with Crippen molar-refractivity contribution in [3.8, 4) is 0 Å². The summed E-state index contributed by atoms with van der Waals surface area (Å²) in [6.07, 6.45) is 23.1. The predicted octanol–water partition coefficient (Wildman–Crippen LogP) is 5.04. The van der Waals surface area contributed by atoms with E-state index in [0.717, 1.165) is 77.0 Å². The normalized spacial score (nSPS) is 30.8. The third-order valence-corrected chi connectivity index (χ3v) is 14.5. The summed E-state index contributed by atoms with van der Waals surface area (Å²) in [5.41, 5.74) is 0. The second-order valence-corrected chi connectivity index (χ2v) is 21.1. The van der Waals surface area contributed by atoms with E-state index in [2.05, 4.69) is 79.9 Å². The topological polar surface area (TPSA) is 307 Å². The molecule has 0 spiro atoms.